The Morgan fingerprint density at radius 2 is 2.26 bits per heavy atom. The van der Waals surface area contributed by atoms with Crippen molar-refractivity contribution in [3.05, 3.63) is 30.1 Å². The molecular weight excluding hydrogens is 294 g/mol. The van der Waals surface area contributed by atoms with E-state index >= 15 is 0 Å². The summed E-state index contributed by atoms with van der Waals surface area (Å²) in [5.74, 6) is 0.00617. The highest BCUT2D eigenvalue weighted by Gasteiger charge is 2.43. The Morgan fingerprint density at radius 1 is 1.30 bits per heavy atom. The van der Waals surface area contributed by atoms with E-state index in [2.05, 4.69) is 16.0 Å². The third kappa shape index (κ3) is 3.11. The summed E-state index contributed by atoms with van der Waals surface area (Å²) in [6, 6.07) is 4.50. The molecule has 124 valence electrons. The van der Waals surface area contributed by atoms with Crippen molar-refractivity contribution in [2.75, 3.05) is 19.7 Å². The van der Waals surface area contributed by atoms with Gasteiger partial charge in [0.25, 0.3) is 5.91 Å². The van der Waals surface area contributed by atoms with Crippen LogP contribution in [0.5, 0.6) is 0 Å². The van der Waals surface area contributed by atoms with Gasteiger partial charge < -0.3 is 4.74 Å². The van der Waals surface area contributed by atoms with Gasteiger partial charge in [0.15, 0.2) is 0 Å². The Kier molecular flexibility index (Phi) is 4.29. The van der Waals surface area contributed by atoms with E-state index in [4.69, 9.17) is 9.57 Å². The zero-order chi connectivity index (χ0) is 15.6. The number of fused-ring (bicyclic) bond motifs is 1. The fraction of sp³-hybridized carbons (Fsp3) is 0.647. The molecule has 3 aliphatic rings. The van der Waals surface area contributed by atoms with Gasteiger partial charge in [-0.05, 0) is 37.3 Å². The van der Waals surface area contributed by atoms with Crippen LogP contribution < -0.4 is 0 Å². The lowest BCUT2D eigenvalue weighted by Crippen LogP contribution is -2.48. The zero-order valence-corrected chi connectivity index (χ0v) is 13.3. The Hall–Kier alpha value is -1.50. The molecule has 0 aromatic carbocycles. The molecule has 3 saturated heterocycles. The molecule has 0 radical (unpaired) electrons. The van der Waals surface area contributed by atoms with E-state index in [1.807, 2.05) is 12.3 Å². The highest BCUT2D eigenvalue weighted by molar-refractivity contribution is 5.80. The molecule has 0 N–H and O–H groups in total. The second kappa shape index (κ2) is 6.55. The summed E-state index contributed by atoms with van der Waals surface area (Å²) in [4.78, 5) is 24.4. The molecule has 1 amide bonds. The standard InChI is InChI=1S/C17H23N3O3/c21-17(20-8-2-10-22-20)16-5-4-14-15(23-16)6-9-19(14)12-13-3-1-7-18-11-13/h1,3,7,11,14-16H,2,4-6,8-10,12H2/t14-,15-,16-/m1/s1. The molecule has 0 saturated carbocycles. The van der Waals surface area contributed by atoms with Gasteiger partial charge in [-0.25, -0.2) is 5.06 Å². The fourth-order valence-corrected chi connectivity index (χ4v) is 3.90. The van der Waals surface area contributed by atoms with Gasteiger partial charge in [0.2, 0.25) is 0 Å². The fourth-order valence-electron chi connectivity index (χ4n) is 3.90. The van der Waals surface area contributed by atoms with Crippen molar-refractivity contribution in [2.45, 2.75) is 50.5 Å². The highest BCUT2D eigenvalue weighted by Crippen LogP contribution is 2.33. The molecular formula is C17H23N3O3. The van der Waals surface area contributed by atoms with Crippen molar-refractivity contribution >= 4 is 5.91 Å². The maximum Gasteiger partial charge on any atom is 0.275 e. The summed E-state index contributed by atoms with van der Waals surface area (Å²) < 4.78 is 6.12. The lowest BCUT2D eigenvalue weighted by molar-refractivity contribution is -0.189. The molecule has 3 aliphatic heterocycles. The number of aromatic nitrogens is 1. The molecule has 4 rings (SSSR count). The first kappa shape index (κ1) is 15.1. The maximum absolute atomic E-state index is 12.4. The van der Waals surface area contributed by atoms with Crippen molar-refractivity contribution < 1.29 is 14.4 Å². The third-order valence-electron chi connectivity index (χ3n) is 5.05. The number of likely N-dealkylation sites (tertiary alicyclic amines) is 1. The molecule has 4 heterocycles. The number of nitrogens with zero attached hydrogens (tertiary/aromatic N) is 3. The van der Waals surface area contributed by atoms with Gasteiger partial charge in [-0.15, -0.1) is 0 Å². The number of pyridine rings is 1. The number of carbonyl (C=O) groups excluding carboxylic acids is 1. The minimum absolute atomic E-state index is 0.00617. The maximum atomic E-state index is 12.4. The molecule has 3 fully saturated rings. The van der Waals surface area contributed by atoms with Gasteiger partial charge in [-0.2, -0.15) is 0 Å². The molecule has 0 aliphatic carbocycles. The first-order valence-electron chi connectivity index (χ1n) is 8.54. The third-order valence-corrected chi connectivity index (χ3v) is 5.05. The van der Waals surface area contributed by atoms with Gasteiger partial charge >= 0.3 is 0 Å². The molecule has 6 nitrogen and oxygen atoms in total. The van der Waals surface area contributed by atoms with Crippen molar-refractivity contribution in [1.29, 1.82) is 0 Å². The summed E-state index contributed by atoms with van der Waals surface area (Å²) in [7, 11) is 0. The van der Waals surface area contributed by atoms with Gasteiger partial charge in [0, 0.05) is 31.5 Å². The molecule has 0 bridgehead atoms. The normalized spacial score (nSPS) is 31.3. The molecule has 3 atom stereocenters. The van der Waals surface area contributed by atoms with Crippen molar-refractivity contribution in [2.24, 2.45) is 0 Å². The van der Waals surface area contributed by atoms with Crippen LogP contribution in [-0.2, 0) is 20.9 Å². The summed E-state index contributed by atoms with van der Waals surface area (Å²) in [6.07, 6.45) is 7.27. The first-order valence-corrected chi connectivity index (χ1v) is 8.54. The van der Waals surface area contributed by atoms with E-state index in [1.54, 1.807) is 6.20 Å². The largest absolute Gasteiger partial charge is 0.363 e. The number of ether oxygens (including phenoxy) is 1. The average molecular weight is 317 g/mol. The number of amides is 1. The number of rotatable bonds is 3. The lowest BCUT2D eigenvalue weighted by atomic mass is 9.98. The molecule has 1 aromatic heterocycles. The minimum Gasteiger partial charge on any atom is -0.363 e. The van der Waals surface area contributed by atoms with Crippen LogP contribution >= 0.6 is 0 Å². The number of hydrogen-bond acceptors (Lipinski definition) is 5. The molecule has 6 heteroatoms. The molecule has 23 heavy (non-hydrogen) atoms. The summed E-state index contributed by atoms with van der Waals surface area (Å²) in [5.41, 5.74) is 1.23. The van der Waals surface area contributed by atoms with Crippen LogP contribution in [0, 0.1) is 0 Å². The van der Waals surface area contributed by atoms with Crippen molar-refractivity contribution in [1.82, 2.24) is 14.9 Å². The van der Waals surface area contributed by atoms with Crippen LogP contribution in [0.3, 0.4) is 0 Å². The molecule has 0 spiro atoms. The van der Waals surface area contributed by atoms with E-state index in [-0.39, 0.29) is 18.1 Å². The number of hydrogen-bond donors (Lipinski definition) is 0. The zero-order valence-electron chi connectivity index (χ0n) is 13.3. The predicted molar refractivity (Wildman–Crippen MR) is 83.2 cm³/mol. The van der Waals surface area contributed by atoms with Crippen molar-refractivity contribution in [3.8, 4) is 0 Å². The first-order chi connectivity index (χ1) is 11.3. The second-order valence-electron chi connectivity index (χ2n) is 6.56. The Balaban J connectivity index is 1.36. The SMILES string of the molecule is O=C([C@H]1CC[C@@H]2[C@@H](CCN2Cc2cccnc2)O1)N1CCCO1. The minimum atomic E-state index is -0.326. The van der Waals surface area contributed by atoms with Gasteiger partial charge in [0.05, 0.1) is 19.3 Å². The Labute approximate surface area is 136 Å². The number of carbonyl (C=O) groups is 1. The Bertz CT molecular complexity index is 547. The van der Waals surface area contributed by atoms with E-state index in [0.717, 1.165) is 38.8 Å². The van der Waals surface area contributed by atoms with Crippen LogP contribution in [0.15, 0.2) is 24.5 Å². The summed E-state index contributed by atoms with van der Waals surface area (Å²) >= 11 is 0. The molecule has 0 unspecified atom stereocenters. The van der Waals surface area contributed by atoms with E-state index in [0.29, 0.717) is 19.2 Å². The second-order valence-corrected chi connectivity index (χ2v) is 6.56. The van der Waals surface area contributed by atoms with Crippen LogP contribution in [0.4, 0.5) is 0 Å². The van der Waals surface area contributed by atoms with Crippen LogP contribution in [-0.4, -0.2) is 58.8 Å². The van der Waals surface area contributed by atoms with Gasteiger partial charge in [-0.1, -0.05) is 6.07 Å². The summed E-state index contributed by atoms with van der Waals surface area (Å²) in [6.45, 7) is 3.26. The lowest BCUT2D eigenvalue weighted by Gasteiger charge is -2.36. The topological polar surface area (TPSA) is 54.9 Å². The quantitative estimate of drug-likeness (QED) is 0.843. The van der Waals surface area contributed by atoms with E-state index in [1.165, 1.54) is 10.6 Å². The smallest absolute Gasteiger partial charge is 0.275 e. The summed E-state index contributed by atoms with van der Waals surface area (Å²) in [5, 5.41) is 1.49. The van der Waals surface area contributed by atoms with E-state index in [9.17, 15) is 4.79 Å². The Morgan fingerprint density at radius 3 is 3.04 bits per heavy atom. The average Bonchev–Trinajstić information content (AvgIpc) is 3.25. The van der Waals surface area contributed by atoms with E-state index < -0.39 is 0 Å². The molecule has 1 aromatic rings. The highest BCUT2D eigenvalue weighted by atomic mass is 16.7. The van der Waals surface area contributed by atoms with Crippen LogP contribution in [0.2, 0.25) is 0 Å². The number of hydroxylamine groups is 2. The van der Waals surface area contributed by atoms with Crippen LogP contribution in [0.25, 0.3) is 0 Å². The van der Waals surface area contributed by atoms with Crippen LogP contribution in [0.1, 0.15) is 31.2 Å². The van der Waals surface area contributed by atoms with Gasteiger partial charge in [0.1, 0.15) is 6.10 Å². The monoisotopic (exact) mass is 317 g/mol. The predicted octanol–water partition coefficient (Wildman–Crippen LogP) is 1.37. The van der Waals surface area contributed by atoms with Gasteiger partial charge in [-0.3, -0.25) is 19.5 Å². The van der Waals surface area contributed by atoms with Crippen molar-refractivity contribution in [3.63, 3.8) is 0 Å².